The minimum Gasteiger partial charge on any atom is -0.380 e. The van der Waals surface area contributed by atoms with Crippen molar-refractivity contribution >= 4 is 33.2 Å². The Morgan fingerprint density at radius 3 is 2.72 bits per heavy atom. The highest BCUT2D eigenvalue weighted by Gasteiger charge is 2.26. The number of hydrogen-bond acceptors (Lipinski definition) is 1. The summed E-state index contributed by atoms with van der Waals surface area (Å²) in [6.45, 7) is 4.54. The first kappa shape index (κ1) is 14.1. The van der Waals surface area contributed by atoms with Gasteiger partial charge < -0.3 is 5.32 Å². The van der Waals surface area contributed by atoms with Crippen LogP contribution in [0.1, 0.15) is 33.1 Å². The Morgan fingerprint density at radius 1 is 1.33 bits per heavy atom. The molecule has 3 atom stereocenters. The van der Waals surface area contributed by atoms with Gasteiger partial charge in [0.25, 0.3) is 0 Å². The molecule has 0 saturated heterocycles. The molecular formula is C14H18BrClFN. The number of hydrogen-bond donors (Lipinski definition) is 1. The average molecular weight is 335 g/mol. The van der Waals surface area contributed by atoms with E-state index in [1.54, 1.807) is 0 Å². The van der Waals surface area contributed by atoms with Crippen LogP contribution in [0.2, 0.25) is 5.02 Å². The highest BCUT2D eigenvalue weighted by Crippen LogP contribution is 2.36. The molecule has 0 aromatic heterocycles. The van der Waals surface area contributed by atoms with E-state index in [-0.39, 0.29) is 5.82 Å². The van der Waals surface area contributed by atoms with Crippen molar-refractivity contribution in [2.45, 2.75) is 39.2 Å². The molecule has 0 heterocycles. The van der Waals surface area contributed by atoms with Crippen LogP contribution in [0.3, 0.4) is 0 Å². The van der Waals surface area contributed by atoms with Crippen LogP contribution in [0.15, 0.2) is 16.6 Å². The van der Waals surface area contributed by atoms with Crippen LogP contribution < -0.4 is 5.32 Å². The third kappa shape index (κ3) is 3.18. The van der Waals surface area contributed by atoms with Crippen molar-refractivity contribution in [3.05, 3.63) is 27.4 Å². The fraction of sp³-hybridized carbons (Fsp3) is 0.571. The summed E-state index contributed by atoms with van der Waals surface area (Å²) in [5, 5.41) is 3.92. The van der Waals surface area contributed by atoms with Crippen molar-refractivity contribution in [3.8, 4) is 0 Å². The molecule has 1 saturated carbocycles. The molecule has 1 aromatic rings. The van der Waals surface area contributed by atoms with E-state index in [1.807, 2.05) is 0 Å². The zero-order valence-electron chi connectivity index (χ0n) is 10.6. The summed E-state index contributed by atoms with van der Waals surface area (Å²) in [5.74, 6) is 1.04. The van der Waals surface area contributed by atoms with Gasteiger partial charge in [-0.25, -0.2) is 4.39 Å². The van der Waals surface area contributed by atoms with Crippen LogP contribution in [0, 0.1) is 17.7 Å². The maximum atomic E-state index is 13.2. The lowest BCUT2D eigenvalue weighted by molar-refractivity contribution is 0.280. The third-order valence-electron chi connectivity index (χ3n) is 3.79. The van der Waals surface area contributed by atoms with E-state index in [4.69, 9.17) is 11.6 Å². The van der Waals surface area contributed by atoms with Gasteiger partial charge in [0.1, 0.15) is 5.82 Å². The average Bonchev–Trinajstić information content (AvgIpc) is 2.28. The highest BCUT2D eigenvalue weighted by atomic mass is 79.9. The molecule has 1 fully saturated rings. The van der Waals surface area contributed by atoms with Gasteiger partial charge in [-0.05, 0) is 52.7 Å². The molecule has 1 aliphatic rings. The summed E-state index contributed by atoms with van der Waals surface area (Å²) >= 11 is 9.48. The molecule has 0 radical (unpaired) electrons. The first-order chi connectivity index (χ1) is 8.47. The van der Waals surface area contributed by atoms with Crippen LogP contribution in [0.25, 0.3) is 0 Å². The van der Waals surface area contributed by atoms with Gasteiger partial charge in [0.05, 0.1) is 10.7 Å². The van der Waals surface area contributed by atoms with Gasteiger partial charge in [-0.2, -0.15) is 0 Å². The van der Waals surface area contributed by atoms with Gasteiger partial charge in [-0.3, -0.25) is 0 Å². The number of nitrogens with one attached hydrogen (secondary N) is 1. The molecule has 18 heavy (non-hydrogen) atoms. The summed E-state index contributed by atoms with van der Waals surface area (Å²) in [5.41, 5.74) is 0.809. The summed E-state index contributed by atoms with van der Waals surface area (Å²) in [6, 6.07) is 3.21. The predicted molar refractivity (Wildman–Crippen MR) is 78.7 cm³/mol. The van der Waals surface area contributed by atoms with Crippen molar-refractivity contribution in [2.24, 2.45) is 11.8 Å². The first-order valence-electron chi connectivity index (χ1n) is 6.38. The van der Waals surface area contributed by atoms with E-state index in [1.165, 1.54) is 25.0 Å². The molecular weight excluding hydrogens is 317 g/mol. The maximum Gasteiger partial charge on any atom is 0.125 e. The summed E-state index contributed by atoms with van der Waals surface area (Å²) < 4.78 is 13.9. The molecule has 4 heteroatoms. The van der Waals surface area contributed by atoms with E-state index in [2.05, 4.69) is 35.1 Å². The van der Waals surface area contributed by atoms with Crippen LogP contribution in [0.4, 0.5) is 10.1 Å². The largest absolute Gasteiger partial charge is 0.380 e. The Hall–Kier alpha value is -0.280. The lowest BCUT2D eigenvalue weighted by Gasteiger charge is -2.34. The van der Waals surface area contributed by atoms with E-state index in [0.717, 1.165) is 18.0 Å². The number of halogens is 3. The van der Waals surface area contributed by atoms with Gasteiger partial charge in [0.2, 0.25) is 0 Å². The second-order valence-corrected chi connectivity index (χ2v) is 6.65. The smallest absolute Gasteiger partial charge is 0.125 e. The Morgan fingerprint density at radius 2 is 2.06 bits per heavy atom. The molecule has 1 nitrogen and oxygen atoms in total. The molecule has 0 spiro atoms. The van der Waals surface area contributed by atoms with Crippen LogP contribution in [0.5, 0.6) is 0 Å². The van der Waals surface area contributed by atoms with Crippen LogP contribution in [-0.2, 0) is 0 Å². The Labute approximate surface area is 121 Å². The minimum atomic E-state index is -0.317. The lowest BCUT2D eigenvalue weighted by Crippen LogP contribution is -2.33. The standard InChI is InChI=1S/C14H18BrClFN/c1-8-3-4-9(2)13(5-8)18-14-11(15)6-10(17)7-12(14)16/h6-9,13,18H,3-5H2,1-2H3. The fourth-order valence-corrected chi connectivity index (χ4v) is 3.52. The first-order valence-corrected chi connectivity index (χ1v) is 7.55. The topological polar surface area (TPSA) is 12.0 Å². The van der Waals surface area contributed by atoms with Crippen molar-refractivity contribution in [1.82, 2.24) is 0 Å². The molecule has 0 bridgehead atoms. The van der Waals surface area contributed by atoms with Crippen molar-refractivity contribution in [2.75, 3.05) is 5.32 Å². The van der Waals surface area contributed by atoms with Gasteiger partial charge >= 0.3 is 0 Å². The maximum absolute atomic E-state index is 13.2. The van der Waals surface area contributed by atoms with Crippen molar-refractivity contribution in [1.29, 1.82) is 0 Å². The summed E-state index contributed by atoms with van der Waals surface area (Å²) in [6.07, 6.45) is 3.66. The summed E-state index contributed by atoms with van der Waals surface area (Å²) in [7, 11) is 0. The molecule has 3 unspecified atom stereocenters. The number of rotatable bonds is 2. The quantitative estimate of drug-likeness (QED) is 0.755. The molecule has 0 amide bonds. The number of anilines is 1. The van der Waals surface area contributed by atoms with Gasteiger partial charge in [-0.1, -0.05) is 31.9 Å². The second kappa shape index (κ2) is 5.79. The molecule has 2 rings (SSSR count). The van der Waals surface area contributed by atoms with Gasteiger partial charge in [0, 0.05) is 10.5 Å². The molecule has 1 aromatic carbocycles. The third-order valence-corrected chi connectivity index (χ3v) is 4.72. The molecule has 1 aliphatic carbocycles. The fourth-order valence-electron chi connectivity index (χ4n) is 2.60. The predicted octanol–water partition coefficient (Wildman–Crippen LogP) is 5.48. The van der Waals surface area contributed by atoms with Crippen molar-refractivity contribution < 1.29 is 4.39 Å². The Bertz CT molecular complexity index is 415. The Balaban J connectivity index is 2.18. The van der Waals surface area contributed by atoms with E-state index in [0.29, 0.717) is 21.5 Å². The van der Waals surface area contributed by atoms with E-state index in [9.17, 15) is 4.39 Å². The Kier molecular flexibility index (Phi) is 4.54. The summed E-state index contributed by atoms with van der Waals surface area (Å²) in [4.78, 5) is 0. The van der Waals surface area contributed by atoms with Gasteiger partial charge in [0.15, 0.2) is 0 Å². The van der Waals surface area contributed by atoms with Crippen molar-refractivity contribution in [3.63, 3.8) is 0 Å². The zero-order valence-corrected chi connectivity index (χ0v) is 13.0. The SMILES string of the molecule is CC1CCC(C)C(Nc2c(Cl)cc(F)cc2Br)C1. The normalized spacial score (nSPS) is 28.2. The molecule has 1 N–H and O–H groups in total. The lowest BCUT2D eigenvalue weighted by atomic mass is 9.80. The zero-order chi connectivity index (χ0) is 13.3. The van der Waals surface area contributed by atoms with Crippen LogP contribution in [-0.4, -0.2) is 6.04 Å². The highest BCUT2D eigenvalue weighted by molar-refractivity contribution is 9.10. The van der Waals surface area contributed by atoms with E-state index < -0.39 is 0 Å². The molecule has 100 valence electrons. The molecule has 0 aliphatic heterocycles. The monoisotopic (exact) mass is 333 g/mol. The number of benzene rings is 1. The van der Waals surface area contributed by atoms with Gasteiger partial charge in [-0.15, -0.1) is 0 Å². The second-order valence-electron chi connectivity index (χ2n) is 5.39. The van der Waals surface area contributed by atoms with E-state index >= 15 is 0 Å². The van der Waals surface area contributed by atoms with Crippen LogP contribution >= 0.6 is 27.5 Å². The minimum absolute atomic E-state index is 0.317.